The van der Waals surface area contributed by atoms with Crippen LogP contribution < -0.4 is 10.1 Å². The van der Waals surface area contributed by atoms with E-state index in [1.807, 2.05) is 61.7 Å². The number of rotatable bonds is 4. The molecule has 30 heavy (non-hydrogen) atoms. The maximum Gasteiger partial charge on any atom is 0.162 e. The Morgan fingerprint density at radius 2 is 1.73 bits per heavy atom. The Morgan fingerprint density at radius 3 is 2.37 bits per heavy atom. The van der Waals surface area contributed by atoms with Gasteiger partial charge in [0, 0.05) is 53.2 Å². The number of allylic oxidation sites excluding steroid dienone is 4. The zero-order valence-corrected chi connectivity index (χ0v) is 18.2. The maximum absolute atomic E-state index is 13.4. The number of Topliss-reactive ketones (excluding diaryl/α,β-unsaturated/α-hetero) is 1. The summed E-state index contributed by atoms with van der Waals surface area (Å²) in [5.41, 5.74) is 6.13. The van der Waals surface area contributed by atoms with Gasteiger partial charge in [0.05, 0.1) is 7.11 Å². The van der Waals surface area contributed by atoms with E-state index in [-0.39, 0.29) is 17.6 Å². The normalized spacial score (nSPS) is 21.7. The number of ketones is 1. The van der Waals surface area contributed by atoms with E-state index in [9.17, 15) is 4.79 Å². The summed E-state index contributed by atoms with van der Waals surface area (Å²) in [5, 5.41) is 4.22. The molecule has 0 spiro atoms. The van der Waals surface area contributed by atoms with Crippen LogP contribution in [0.3, 0.4) is 0 Å². The lowest BCUT2D eigenvalue weighted by Crippen LogP contribution is -2.34. The van der Waals surface area contributed by atoms with Gasteiger partial charge in [-0.25, -0.2) is 0 Å². The van der Waals surface area contributed by atoms with Crippen molar-refractivity contribution in [1.82, 2.24) is 5.32 Å². The molecule has 2 aliphatic rings. The largest absolute Gasteiger partial charge is 0.497 e. The predicted octanol–water partition coefficient (Wildman–Crippen LogP) is 5.41. The summed E-state index contributed by atoms with van der Waals surface area (Å²) < 4.78 is 5.31. The van der Waals surface area contributed by atoms with Crippen LogP contribution in [0.5, 0.6) is 5.75 Å². The fourth-order valence-electron chi connectivity index (χ4n) is 4.48. The zero-order chi connectivity index (χ0) is 21.3. The van der Waals surface area contributed by atoms with E-state index in [0.717, 1.165) is 45.8 Å². The minimum Gasteiger partial charge on any atom is -0.497 e. The van der Waals surface area contributed by atoms with Crippen molar-refractivity contribution >= 4 is 23.6 Å². The lowest BCUT2D eigenvalue weighted by atomic mass is 9.72. The Hall–Kier alpha value is -2.85. The third kappa shape index (κ3) is 3.80. The molecule has 4 rings (SSSR count). The maximum atomic E-state index is 13.4. The van der Waals surface area contributed by atoms with Crippen molar-refractivity contribution < 1.29 is 9.53 Å². The second-order valence-electron chi connectivity index (χ2n) is 7.77. The van der Waals surface area contributed by atoms with E-state index in [4.69, 9.17) is 16.3 Å². The summed E-state index contributed by atoms with van der Waals surface area (Å²) >= 11 is 6.05. The van der Waals surface area contributed by atoms with Crippen molar-refractivity contribution in [2.45, 2.75) is 31.6 Å². The molecule has 154 valence electrons. The van der Waals surface area contributed by atoms with Crippen LogP contribution in [-0.4, -0.2) is 26.2 Å². The first-order valence-corrected chi connectivity index (χ1v) is 10.4. The van der Waals surface area contributed by atoms with Crippen LogP contribution in [-0.2, 0) is 4.79 Å². The lowest BCUT2D eigenvalue weighted by Gasteiger charge is -2.36. The molecule has 2 aromatic rings. The minimum absolute atomic E-state index is 0.130. The molecule has 2 aromatic carbocycles. The molecule has 1 aliphatic heterocycles. The van der Waals surface area contributed by atoms with Gasteiger partial charge in [-0.15, -0.1) is 0 Å². The third-order valence-corrected chi connectivity index (χ3v) is 6.19. The van der Waals surface area contributed by atoms with Gasteiger partial charge in [0.15, 0.2) is 5.78 Å². The van der Waals surface area contributed by atoms with Crippen LogP contribution in [0, 0.1) is 0 Å². The highest BCUT2D eigenvalue weighted by Crippen LogP contribution is 2.45. The van der Waals surface area contributed by atoms with Gasteiger partial charge in [0.2, 0.25) is 0 Å². The average Bonchev–Trinajstić information content (AvgIpc) is 2.75. The minimum atomic E-state index is -0.130. The van der Waals surface area contributed by atoms with Gasteiger partial charge in [-0.05, 0) is 54.7 Å². The number of carbonyl (C=O) groups excluding carboxylic acids is 1. The molecule has 2 atom stereocenters. The van der Waals surface area contributed by atoms with Crippen molar-refractivity contribution in [3.05, 3.63) is 87.2 Å². The summed E-state index contributed by atoms with van der Waals surface area (Å²) in [6.45, 7) is 2.05. The fourth-order valence-corrected chi connectivity index (χ4v) is 4.60. The number of ether oxygens (including phenoxy) is 1. The van der Waals surface area contributed by atoms with Crippen LogP contribution >= 0.6 is 11.6 Å². The summed E-state index contributed by atoms with van der Waals surface area (Å²) in [6.07, 6.45) is 3.15. The topological polar surface area (TPSA) is 50.7 Å². The molecule has 4 nitrogen and oxygen atoms in total. The smallest absolute Gasteiger partial charge is 0.162 e. The number of aliphatic imine (C=N–C) groups is 1. The van der Waals surface area contributed by atoms with Gasteiger partial charge in [-0.3, -0.25) is 9.79 Å². The molecular weight excluding hydrogens is 396 g/mol. The molecule has 0 amide bonds. The summed E-state index contributed by atoms with van der Waals surface area (Å²) in [4.78, 5) is 17.7. The van der Waals surface area contributed by atoms with Crippen molar-refractivity contribution in [3.63, 3.8) is 0 Å². The quantitative estimate of drug-likeness (QED) is 0.672. The highest BCUT2D eigenvalue weighted by atomic mass is 35.5. The van der Waals surface area contributed by atoms with Crippen LogP contribution in [0.4, 0.5) is 0 Å². The third-order valence-electron chi connectivity index (χ3n) is 5.94. The Morgan fingerprint density at radius 1 is 1.07 bits per heavy atom. The number of hydrogen-bond donors (Lipinski definition) is 1. The number of methoxy groups -OCH3 is 1. The number of dihydropyridines is 1. The Balaban J connectivity index is 1.76. The highest BCUT2D eigenvalue weighted by molar-refractivity contribution is 6.30. The number of nitrogens with zero attached hydrogens (tertiary/aromatic N) is 1. The predicted molar refractivity (Wildman–Crippen MR) is 121 cm³/mol. The summed E-state index contributed by atoms with van der Waals surface area (Å²) in [5.74, 6) is 0.992. The number of nitrogens with one attached hydrogen (secondary N) is 1. The van der Waals surface area contributed by atoms with E-state index in [2.05, 4.69) is 10.3 Å². The first kappa shape index (κ1) is 20.4. The molecular formula is C25H25ClN2O2. The standard InChI is InChI=1S/C25H25ClN2O2/c1-15-21(14-27-2)24(17-6-10-20(30-3)11-7-17)25-22(28-15)12-18(13-23(25)29)16-4-8-19(26)9-5-16/h4-11,14,18,24,28H,12-13H2,1-3H3/b27-14+. The molecule has 0 saturated heterocycles. The Labute approximate surface area is 182 Å². The first-order chi connectivity index (χ1) is 14.5. The van der Waals surface area contributed by atoms with Crippen LogP contribution in [0.15, 0.2) is 76.1 Å². The number of halogens is 1. The van der Waals surface area contributed by atoms with E-state index < -0.39 is 0 Å². The lowest BCUT2D eigenvalue weighted by molar-refractivity contribution is -0.116. The first-order valence-electron chi connectivity index (χ1n) is 10.1. The van der Waals surface area contributed by atoms with E-state index in [1.54, 1.807) is 14.2 Å². The second-order valence-corrected chi connectivity index (χ2v) is 8.21. The molecule has 1 aliphatic carbocycles. The van der Waals surface area contributed by atoms with Crippen LogP contribution in [0.1, 0.15) is 42.7 Å². The number of hydrogen-bond acceptors (Lipinski definition) is 4. The second kappa shape index (κ2) is 8.49. The average molecular weight is 421 g/mol. The van der Waals surface area contributed by atoms with Crippen molar-refractivity contribution in [1.29, 1.82) is 0 Å². The molecule has 5 heteroatoms. The molecule has 0 saturated carbocycles. The van der Waals surface area contributed by atoms with Gasteiger partial charge in [0.25, 0.3) is 0 Å². The molecule has 0 bridgehead atoms. The van der Waals surface area contributed by atoms with Crippen molar-refractivity contribution in [2.75, 3.05) is 14.2 Å². The number of benzene rings is 2. The van der Waals surface area contributed by atoms with Gasteiger partial charge >= 0.3 is 0 Å². The number of carbonyl (C=O) groups is 1. The molecule has 1 N–H and O–H groups in total. The molecule has 0 fully saturated rings. The summed E-state index contributed by atoms with van der Waals surface area (Å²) in [7, 11) is 3.41. The SMILES string of the molecule is C/N=C/C1=C(C)NC2=C(C(=O)CC(c3ccc(Cl)cc3)C2)C1c1ccc(OC)cc1. The molecule has 1 heterocycles. The zero-order valence-electron chi connectivity index (χ0n) is 17.4. The van der Waals surface area contributed by atoms with Crippen molar-refractivity contribution in [2.24, 2.45) is 4.99 Å². The Kier molecular flexibility index (Phi) is 5.78. The van der Waals surface area contributed by atoms with Crippen molar-refractivity contribution in [3.8, 4) is 5.75 Å². The van der Waals surface area contributed by atoms with E-state index >= 15 is 0 Å². The van der Waals surface area contributed by atoms with Crippen LogP contribution in [0.25, 0.3) is 0 Å². The van der Waals surface area contributed by atoms with Crippen LogP contribution in [0.2, 0.25) is 5.02 Å². The van der Waals surface area contributed by atoms with E-state index in [1.165, 1.54) is 0 Å². The Bertz CT molecular complexity index is 1050. The van der Waals surface area contributed by atoms with E-state index in [0.29, 0.717) is 11.4 Å². The van der Waals surface area contributed by atoms with Gasteiger partial charge < -0.3 is 10.1 Å². The molecule has 0 radical (unpaired) electrons. The monoisotopic (exact) mass is 420 g/mol. The summed E-state index contributed by atoms with van der Waals surface area (Å²) in [6, 6.07) is 15.8. The van der Waals surface area contributed by atoms with Gasteiger partial charge in [-0.2, -0.15) is 0 Å². The molecule has 2 unspecified atom stereocenters. The fraction of sp³-hybridized carbons (Fsp3) is 0.280. The van der Waals surface area contributed by atoms with Gasteiger partial charge in [0.1, 0.15) is 5.75 Å². The highest BCUT2D eigenvalue weighted by Gasteiger charge is 2.38. The molecule has 0 aromatic heterocycles. The van der Waals surface area contributed by atoms with Gasteiger partial charge in [-0.1, -0.05) is 35.9 Å².